The van der Waals surface area contributed by atoms with Gasteiger partial charge in [0, 0.05) is 22.9 Å². The van der Waals surface area contributed by atoms with Crippen molar-refractivity contribution in [3.8, 4) is 0 Å². The molecule has 0 aliphatic carbocycles. The molecule has 2 atom stereocenters. The van der Waals surface area contributed by atoms with Gasteiger partial charge in [0.05, 0.1) is 0 Å². The first-order valence-electron chi connectivity index (χ1n) is 5.29. The van der Waals surface area contributed by atoms with Crippen molar-refractivity contribution in [2.24, 2.45) is 5.92 Å². The Morgan fingerprint density at radius 3 is 2.88 bits per heavy atom. The van der Waals surface area contributed by atoms with E-state index in [2.05, 4.69) is 15.9 Å². The van der Waals surface area contributed by atoms with Crippen LogP contribution in [0.15, 0.2) is 20.1 Å². The zero-order chi connectivity index (χ0) is 12.6. The van der Waals surface area contributed by atoms with Crippen molar-refractivity contribution in [1.82, 2.24) is 4.31 Å². The molecule has 7 heteroatoms. The van der Waals surface area contributed by atoms with Crippen LogP contribution in [-0.2, 0) is 10.0 Å². The minimum atomic E-state index is -3.40. The van der Waals surface area contributed by atoms with Gasteiger partial charge in [-0.2, -0.15) is 4.31 Å². The second-order valence-electron chi connectivity index (χ2n) is 4.16. The van der Waals surface area contributed by atoms with Crippen LogP contribution in [0.25, 0.3) is 0 Å². The fraction of sp³-hybridized carbons (Fsp3) is 0.600. The highest BCUT2D eigenvalue weighted by molar-refractivity contribution is 9.10. The van der Waals surface area contributed by atoms with Gasteiger partial charge < -0.3 is 0 Å². The van der Waals surface area contributed by atoms with Gasteiger partial charge in [-0.05, 0) is 39.7 Å². The normalized spacial score (nSPS) is 26.5. The minimum Gasteiger partial charge on any atom is -0.206 e. The van der Waals surface area contributed by atoms with Gasteiger partial charge >= 0.3 is 0 Å². The van der Waals surface area contributed by atoms with Gasteiger partial charge in [0.25, 0.3) is 10.0 Å². The smallest absolute Gasteiger partial charge is 0.206 e. The molecule has 1 aromatic rings. The molecule has 2 heterocycles. The van der Waals surface area contributed by atoms with Crippen molar-refractivity contribution >= 4 is 48.9 Å². The minimum absolute atomic E-state index is 0.0873. The van der Waals surface area contributed by atoms with Crippen LogP contribution < -0.4 is 0 Å². The van der Waals surface area contributed by atoms with E-state index in [9.17, 15) is 8.42 Å². The maximum atomic E-state index is 12.5. The van der Waals surface area contributed by atoms with Gasteiger partial charge in [0.1, 0.15) is 4.21 Å². The summed E-state index contributed by atoms with van der Waals surface area (Å²) in [4.78, 5) is 0. The monoisotopic (exact) mass is 357 g/mol. The molecule has 0 N–H and O–H groups in total. The molecule has 0 amide bonds. The fourth-order valence-electron chi connectivity index (χ4n) is 2.07. The number of alkyl halides is 1. The van der Waals surface area contributed by atoms with Gasteiger partial charge in [-0.1, -0.05) is 6.92 Å². The Kier molecular flexibility index (Phi) is 4.20. The van der Waals surface area contributed by atoms with Crippen LogP contribution in [0.3, 0.4) is 0 Å². The third-order valence-electron chi connectivity index (χ3n) is 3.12. The molecule has 2 rings (SSSR count). The molecule has 2 unspecified atom stereocenters. The third-order valence-corrected chi connectivity index (χ3v) is 8.01. The molecule has 3 nitrogen and oxygen atoms in total. The van der Waals surface area contributed by atoms with Gasteiger partial charge in [-0.15, -0.1) is 22.9 Å². The Balaban J connectivity index is 2.37. The van der Waals surface area contributed by atoms with E-state index in [1.54, 1.807) is 15.8 Å². The summed E-state index contributed by atoms with van der Waals surface area (Å²) < 4.78 is 27.5. The number of thiophene rings is 1. The van der Waals surface area contributed by atoms with E-state index in [0.717, 1.165) is 6.42 Å². The van der Waals surface area contributed by atoms with Crippen LogP contribution in [0.1, 0.15) is 13.3 Å². The highest BCUT2D eigenvalue weighted by atomic mass is 79.9. The second-order valence-corrected chi connectivity index (χ2v) is 8.32. The van der Waals surface area contributed by atoms with E-state index < -0.39 is 10.0 Å². The zero-order valence-electron chi connectivity index (χ0n) is 9.27. The predicted molar refractivity (Wildman–Crippen MR) is 74.2 cm³/mol. The largest absolute Gasteiger partial charge is 0.253 e. The summed E-state index contributed by atoms with van der Waals surface area (Å²) in [6.07, 6.45) is 0.875. The van der Waals surface area contributed by atoms with E-state index in [1.807, 2.05) is 6.92 Å². The number of halogens is 2. The Morgan fingerprint density at radius 2 is 2.35 bits per heavy atom. The molecule has 0 saturated carbocycles. The van der Waals surface area contributed by atoms with Crippen LogP contribution in [0, 0.1) is 5.92 Å². The topological polar surface area (TPSA) is 37.4 Å². The van der Waals surface area contributed by atoms with E-state index in [1.165, 1.54) is 11.3 Å². The summed E-state index contributed by atoms with van der Waals surface area (Å²) >= 11 is 10.4. The maximum Gasteiger partial charge on any atom is 0.253 e. The fourth-order valence-corrected chi connectivity index (χ4v) is 6.79. The Morgan fingerprint density at radius 1 is 1.65 bits per heavy atom. The number of nitrogens with zero attached hydrogens (tertiary/aromatic N) is 1. The number of rotatable bonds is 3. The summed E-state index contributed by atoms with van der Waals surface area (Å²) in [5.41, 5.74) is 0. The van der Waals surface area contributed by atoms with Gasteiger partial charge in [-0.3, -0.25) is 0 Å². The van der Waals surface area contributed by atoms with Gasteiger partial charge in [0.2, 0.25) is 0 Å². The predicted octanol–water partition coefficient (Wildman–Crippen LogP) is 3.15. The Bertz CT molecular complexity index is 502. The van der Waals surface area contributed by atoms with Crippen molar-refractivity contribution in [2.75, 3.05) is 12.4 Å². The van der Waals surface area contributed by atoms with Gasteiger partial charge in [-0.25, -0.2) is 8.42 Å². The molecular weight excluding hydrogens is 346 g/mol. The molecule has 0 aromatic carbocycles. The van der Waals surface area contributed by atoms with E-state index in [0.29, 0.717) is 27.0 Å². The quantitative estimate of drug-likeness (QED) is 0.778. The summed E-state index contributed by atoms with van der Waals surface area (Å²) in [7, 11) is -3.40. The number of hydrogen-bond acceptors (Lipinski definition) is 3. The van der Waals surface area contributed by atoms with Crippen molar-refractivity contribution in [2.45, 2.75) is 23.6 Å². The first-order valence-corrected chi connectivity index (χ1v) is 8.94. The van der Waals surface area contributed by atoms with Gasteiger partial charge in [0.15, 0.2) is 0 Å². The molecule has 1 fully saturated rings. The average Bonchev–Trinajstić information content (AvgIpc) is 2.84. The molecule has 0 bridgehead atoms. The summed E-state index contributed by atoms with van der Waals surface area (Å²) in [6, 6.07) is 1.67. The van der Waals surface area contributed by atoms with E-state index in [-0.39, 0.29) is 6.04 Å². The summed E-state index contributed by atoms with van der Waals surface area (Å²) in [5, 5.41) is 1.77. The van der Waals surface area contributed by atoms with Crippen molar-refractivity contribution < 1.29 is 8.42 Å². The average molecular weight is 359 g/mol. The van der Waals surface area contributed by atoms with Crippen LogP contribution in [0.2, 0.25) is 0 Å². The molecule has 1 saturated heterocycles. The van der Waals surface area contributed by atoms with Crippen LogP contribution in [0.4, 0.5) is 0 Å². The summed E-state index contributed by atoms with van der Waals surface area (Å²) in [5.74, 6) is 0.671. The molecule has 96 valence electrons. The highest BCUT2D eigenvalue weighted by Gasteiger charge is 2.40. The van der Waals surface area contributed by atoms with Crippen LogP contribution in [-0.4, -0.2) is 31.2 Å². The maximum absolute atomic E-state index is 12.5. The lowest BCUT2D eigenvalue weighted by molar-refractivity contribution is 0.376. The van der Waals surface area contributed by atoms with E-state index >= 15 is 0 Å². The lowest BCUT2D eigenvalue weighted by Crippen LogP contribution is -2.38. The molecule has 0 spiro atoms. The molecule has 1 aromatic heterocycles. The van der Waals surface area contributed by atoms with Crippen LogP contribution in [0.5, 0.6) is 0 Å². The Hall–Kier alpha value is 0.380. The SMILES string of the molecule is CC1CCN(S(=O)(=O)c2sccc2Br)C1CCl. The van der Waals surface area contributed by atoms with E-state index in [4.69, 9.17) is 11.6 Å². The lowest BCUT2D eigenvalue weighted by Gasteiger charge is -2.23. The molecule has 17 heavy (non-hydrogen) atoms. The Labute approximate surface area is 119 Å². The van der Waals surface area contributed by atoms with Crippen molar-refractivity contribution in [3.63, 3.8) is 0 Å². The first kappa shape index (κ1) is 13.8. The molecule has 0 radical (unpaired) electrons. The molecule has 1 aliphatic heterocycles. The third kappa shape index (κ3) is 2.42. The lowest BCUT2D eigenvalue weighted by atomic mass is 10.1. The molecular formula is C10H13BrClNO2S2. The zero-order valence-corrected chi connectivity index (χ0v) is 13.2. The van der Waals surface area contributed by atoms with Crippen LogP contribution >= 0.6 is 38.9 Å². The highest BCUT2D eigenvalue weighted by Crippen LogP contribution is 2.35. The first-order chi connectivity index (χ1) is 7.98. The second kappa shape index (κ2) is 5.17. The number of hydrogen-bond donors (Lipinski definition) is 0. The summed E-state index contributed by atoms with van der Waals surface area (Å²) in [6.45, 7) is 2.61. The standard InChI is InChI=1S/C10H13BrClNO2S2/c1-7-2-4-13(9(7)6-12)17(14,15)10-8(11)3-5-16-10/h3,5,7,9H,2,4,6H2,1H3. The van der Waals surface area contributed by atoms with Crippen molar-refractivity contribution in [3.05, 3.63) is 15.9 Å². The number of sulfonamides is 1. The molecule has 1 aliphatic rings. The van der Waals surface area contributed by atoms with Crippen molar-refractivity contribution in [1.29, 1.82) is 0 Å².